The van der Waals surface area contributed by atoms with Gasteiger partial charge in [0.2, 0.25) is 0 Å². The number of hydrogen-bond donors (Lipinski definition) is 0. The summed E-state index contributed by atoms with van der Waals surface area (Å²) >= 11 is 0. The first-order valence-corrected chi connectivity index (χ1v) is 19.6. The fourth-order valence-corrected chi connectivity index (χ4v) is 5.59. The lowest BCUT2D eigenvalue weighted by Crippen LogP contribution is -2.09. The Morgan fingerprint density at radius 3 is 1.80 bits per heavy atom. The number of benzene rings is 3. The lowest BCUT2D eigenvalue weighted by molar-refractivity contribution is -0.156. The van der Waals surface area contributed by atoms with Crippen molar-refractivity contribution in [3.8, 4) is 40.7 Å². The number of rotatable bonds is 24. The minimum atomic E-state index is -0.696. The van der Waals surface area contributed by atoms with E-state index in [2.05, 4.69) is 42.1 Å². The smallest absolute Gasteiger partial charge is 0.343 e. The number of hydrogen-bond acceptors (Lipinski definition) is 7. The summed E-state index contributed by atoms with van der Waals surface area (Å²) < 4.78 is 21.3. The van der Waals surface area contributed by atoms with Gasteiger partial charge in [0.15, 0.2) is 0 Å². The van der Waals surface area contributed by atoms with Gasteiger partial charge in [0.1, 0.15) is 25.1 Å². The van der Waals surface area contributed by atoms with Gasteiger partial charge in [0.25, 0.3) is 0 Å². The SMILES string of the molecule is C=CC(=O)OC(=O)CCCCCCCCCCOC#Cc1ccc(C(=O)Oc2ccc(-c3ccc(C#CCOCCCCCCCCC)cc3)cc2)cc1. The molecule has 54 heavy (non-hydrogen) atoms. The van der Waals surface area contributed by atoms with Crippen molar-refractivity contribution < 1.29 is 33.3 Å². The van der Waals surface area contributed by atoms with Crippen LogP contribution < -0.4 is 4.74 Å². The molecule has 0 aliphatic rings. The molecule has 0 fully saturated rings. The van der Waals surface area contributed by atoms with E-state index in [1.807, 2.05) is 36.4 Å². The Morgan fingerprint density at radius 1 is 0.630 bits per heavy atom. The Morgan fingerprint density at radius 2 is 1.17 bits per heavy atom. The predicted octanol–water partition coefficient (Wildman–Crippen LogP) is 10.8. The van der Waals surface area contributed by atoms with Crippen LogP contribution in [0, 0.1) is 23.9 Å². The lowest BCUT2D eigenvalue weighted by Gasteiger charge is -2.06. The molecule has 0 unspecified atom stereocenters. The van der Waals surface area contributed by atoms with Crippen molar-refractivity contribution >= 4 is 17.9 Å². The summed E-state index contributed by atoms with van der Waals surface area (Å²) in [6.07, 6.45) is 21.0. The third-order valence-corrected chi connectivity index (χ3v) is 8.73. The minimum Gasteiger partial charge on any atom is -0.446 e. The van der Waals surface area contributed by atoms with Crippen LogP contribution in [0.3, 0.4) is 0 Å². The second-order valence-electron chi connectivity index (χ2n) is 13.2. The molecule has 0 saturated heterocycles. The highest BCUT2D eigenvalue weighted by molar-refractivity contribution is 5.92. The summed E-state index contributed by atoms with van der Waals surface area (Å²) in [4.78, 5) is 35.2. The molecule has 286 valence electrons. The van der Waals surface area contributed by atoms with Crippen LogP contribution in [-0.2, 0) is 23.8 Å². The second kappa shape index (κ2) is 27.5. The van der Waals surface area contributed by atoms with Gasteiger partial charge in [-0.1, -0.05) is 127 Å². The van der Waals surface area contributed by atoms with Crippen LogP contribution in [0.15, 0.2) is 85.5 Å². The number of ether oxygens (including phenoxy) is 4. The molecule has 0 amide bonds. The number of carbonyl (C=O) groups excluding carboxylic acids is 3. The Bertz CT molecular complexity index is 1670. The van der Waals surface area contributed by atoms with Gasteiger partial charge in [-0.3, -0.25) is 4.79 Å². The van der Waals surface area contributed by atoms with Crippen molar-refractivity contribution in [1.82, 2.24) is 0 Å². The zero-order valence-electron chi connectivity index (χ0n) is 32.0. The predicted molar refractivity (Wildman–Crippen MR) is 215 cm³/mol. The van der Waals surface area contributed by atoms with Crippen molar-refractivity contribution in [2.75, 3.05) is 19.8 Å². The summed E-state index contributed by atoms with van der Waals surface area (Å²) in [6.45, 7) is 7.30. The van der Waals surface area contributed by atoms with Gasteiger partial charge in [0.05, 0.1) is 5.56 Å². The molecule has 0 bridgehead atoms. The number of carbonyl (C=O) groups is 3. The Balaban J connectivity index is 1.26. The van der Waals surface area contributed by atoms with Gasteiger partial charge in [-0.15, -0.1) is 0 Å². The lowest BCUT2D eigenvalue weighted by atomic mass is 10.0. The summed E-state index contributed by atoms with van der Waals surface area (Å²) in [5, 5.41) is 0. The van der Waals surface area contributed by atoms with E-state index in [9.17, 15) is 14.4 Å². The highest BCUT2D eigenvalue weighted by atomic mass is 16.6. The molecule has 7 heteroatoms. The molecule has 0 aliphatic heterocycles. The van der Waals surface area contributed by atoms with E-state index in [-0.39, 0.29) is 6.42 Å². The molecular formula is C47H56O7. The molecule has 0 heterocycles. The van der Waals surface area contributed by atoms with Crippen molar-refractivity contribution in [3.05, 3.63) is 102 Å². The van der Waals surface area contributed by atoms with E-state index in [0.717, 1.165) is 92.7 Å². The Hall–Kier alpha value is -5.11. The molecule has 0 saturated carbocycles. The fraction of sp³-hybridized carbons (Fsp3) is 0.426. The Labute approximate surface area is 322 Å². The molecule has 0 spiro atoms. The highest BCUT2D eigenvalue weighted by Crippen LogP contribution is 2.23. The number of esters is 3. The molecule has 0 atom stereocenters. The maximum Gasteiger partial charge on any atom is 0.343 e. The third kappa shape index (κ3) is 19.1. The zero-order valence-corrected chi connectivity index (χ0v) is 32.0. The zero-order chi connectivity index (χ0) is 38.5. The van der Waals surface area contributed by atoms with Crippen molar-refractivity contribution in [2.45, 2.75) is 110 Å². The normalized spacial score (nSPS) is 10.3. The van der Waals surface area contributed by atoms with Gasteiger partial charge in [-0.2, -0.15) is 0 Å². The van der Waals surface area contributed by atoms with Crippen LogP contribution in [0.5, 0.6) is 5.75 Å². The quantitative estimate of drug-likeness (QED) is 0.0226. The monoisotopic (exact) mass is 732 g/mol. The van der Waals surface area contributed by atoms with Crippen LogP contribution in [0.4, 0.5) is 0 Å². The van der Waals surface area contributed by atoms with Gasteiger partial charge in [-0.25, -0.2) is 9.59 Å². The van der Waals surface area contributed by atoms with E-state index >= 15 is 0 Å². The largest absolute Gasteiger partial charge is 0.446 e. The molecule has 3 rings (SSSR count). The second-order valence-corrected chi connectivity index (χ2v) is 13.2. The topological polar surface area (TPSA) is 88.1 Å². The number of unbranched alkanes of at least 4 members (excludes halogenated alkanes) is 13. The first kappa shape index (κ1) is 43.3. The molecule has 3 aromatic carbocycles. The average molecular weight is 733 g/mol. The van der Waals surface area contributed by atoms with Gasteiger partial charge >= 0.3 is 17.9 Å². The summed E-state index contributed by atoms with van der Waals surface area (Å²) in [6, 6.07) is 22.5. The fourth-order valence-electron chi connectivity index (χ4n) is 5.59. The molecule has 0 aromatic heterocycles. The maximum absolute atomic E-state index is 12.7. The van der Waals surface area contributed by atoms with Gasteiger partial charge < -0.3 is 18.9 Å². The van der Waals surface area contributed by atoms with E-state index < -0.39 is 17.9 Å². The van der Waals surface area contributed by atoms with Crippen LogP contribution in [-0.4, -0.2) is 37.7 Å². The third-order valence-electron chi connectivity index (χ3n) is 8.73. The first-order valence-electron chi connectivity index (χ1n) is 19.6. The molecule has 0 radical (unpaired) electrons. The van der Waals surface area contributed by atoms with Crippen molar-refractivity contribution in [3.63, 3.8) is 0 Å². The maximum atomic E-state index is 12.7. The first-order chi connectivity index (χ1) is 26.5. The summed E-state index contributed by atoms with van der Waals surface area (Å²) in [5.74, 6) is 8.10. The van der Waals surface area contributed by atoms with Crippen LogP contribution >= 0.6 is 0 Å². The van der Waals surface area contributed by atoms with Gasteiger partial charge in [-0.05, 0) is 84.8 Å². The summed E-state index contributed by atoms with van der Waals surface area (Å²) in [7, 11) is 0. The molecule has 0 aliphatic carbocycles. The summed E-state index contributed by atoms with van der Waals surface area (Å²) in [5.41, 5.74) is 4.20. The minimum absolute atomic E-state index is 0.259. The molecular weight excluding hydrogens is 677 g/mol. The average Bonchev–Trinajstić information content (AvgIpc) is 3.19. The van der Waals surface area contributed by atoms with Crippen LogP contribution in [0.1, 0.15) is 131 Å². The molecule has 7 nitrogen and oxygen atoms in total. The van der Waals surface area contributed by atoms with E-state index in [1.165, 1.54) is 38.5 Å². The molecule has 0 N–H and O–H groups in total. The van der Waals surface area contributed by atoms with E-state index in [0.29, 0.717) is 24.5 Å². The Kier molecular flexibility index (Phi) is 22.0. The standard InChI is InChI=1S/C47H56O7/c1-3-5-6-7-11-14-17-35-51-37-19-20-39-22-26-41(27-23-39)42-30-32-44(33-31-42)53-47(50)43-28-24-40(25-29-43)34-38-52-36-18-15-12-9-8-10-13-16-21-46(49)54-45(48)4-2/h4,22-33H,2-3,5-18,21,35-37H2,1H3. The van der Waals surface area contributed by atoms with Crippen LogP contribution in [0.2, 0.25) is 0 Å². The van der Waals surface area contributed by atoms with Crippen LogP contribution in [0.25, 0.3) is 11.1 Å². The van der Waals surface area contributed by atoms with E-state index in [1.54, 1.807) is 36.4 Å². The van der Waals surface area contributed by atoms with E-state index in [4.69, 9.17) is 14.2 Å². The highest BCUT2D eigenvalue weighted by Gasteiger charge is 2.09. The van der Waals surface area contributed by atoms with Crippen molar-refractivity contribution in [1.29, 1.82) is 0 Å². The van der Waals surface area contributed by atoms with Gasteiger partial charge in [0, 0.05) is 30.2 Å². The molecule has 3 aromatic rings. The van der Waals surface area contributed by atoms with Crippen molar-refractivity contribution in [2.24, 2.45) is 0 Å².